The number of methoxy groups -OCH3 is 1. The normalized spacial score (nSPS) is 10.1. The Morgan fingerprint density at radius 1 is 1.38 bits per heavy atom. The predicted molar refractivity (Wildman–Crippen MR) is 87.4 cm³/mol. The quantitative estimate of drug-likeness (QED) is 0.859. The predicted octanol–water partition coefficient (Wildman–Crippen LogP) is 3.80. The van der Waals surface area contributed by atoms with Gasteiger partial charge in [-0.15, -0.1) is 0 Å². The second-order valence-corrected chi connectivity index (χ2v) is 5.43. The number of hydrogen-bond acceptors (Lipinski definition) is 4. The van der Waals surface area contributed by atoms with Crippen LogP contribution in [0.4, 0.5) is 11.5 Å². The molecule has 1 heterocycles. The molecule has 0 aliphatic carbocycles. The number of aromatic nitrogens is 1. The smallest absolute Gasteiger partial charge is 0.259 e. The van der Waals surface area contributed by atoms with Gasteiger partial charge < -0.3 is 15.4 Å². The van der Waals surface area contributed by atoms with Crippen LogP contribution < -0.4 is 15.4 Å². The van der Waals surface area contributed by atoms with Gasteiger partial charge in [0.2, 0.25) is 0 Å². The van der Waals surface area contributed by atoms with Gasteiger partial charge in [0.1, 0.15) is 11.6 Å². The molecule has 1 amide bonds. The Balaban J connectivity index is 2.26. The molecule has 110 valence electrons. The van der Waals surface area contributed by atoms with Crippen LogP contribution in [-0.2, 0) is 0 Å². The molecule has 5 nitrogen and oxygen atoms in total. The van der Waals surface area contributed by atoms with Crippen molar-refractivity contribution < 1.29 is 9.53 Å². The fraction of sp³-hybridized carbons (Fsp3) is 0.143. The SMILES string of the molecule is CNc1ncc(Br)cc1C(=O)Nc1ccc(OC)c(Cl)c1. The summed E-state index contributed by atoms with van der Waals surface area (Å²) in [6.07, 6.45) is 1.62. The maximum atomic E-state index is 12.3. The number of anilines is 2. The van der Waals surface area contributed by atoms with E-state index in [9.17, 15) is 4.79 Å². The first-order chi connectivity index (χ1) is 10.0. The van der Waals surface area contributed by atoms with Crippen LogP contribution in [0.3, 0.4) is 0 Å². The molecule has 7 heteroatoms. The third-order valence-electron chi connectivity index (χ3n) is 2.75. The second kappa shape index (κ2) is 6.78. The first kappa shape index (κ1) is 15.6. The third-order valence-corrected chi connectivity index (χ3v) is 3.47. The molecule has 0 atom stereocenters. The highest BCUT2D eigenvalue weighted by Gasteiger charge is 2.13. The number of nitrogens with zero attached hydrogens (tertiary/aromatic N) is 1. The molecule has 0 aliphatic heterocycles. The fourth-order valence-electron chi connectivity index (χ4n) is 1.75. The van der Waals surface area contributed by atoms with E-state index in [0.717, 1.165) is 4.47 Å². The molecular weight excluding hydrogens is 358 g/mol. The summed E-state index contributed by atoms with van der Waals surface area (Å²) >= 11 is 9.34. The van der Waals surface area contributed by atoms with Gasteiger partial charge in [-0.25, -0.2) is 4.98 Å². The van der Waals surface area contributed by atoms with Crippen molar-refractivity contribution in [1.82, 2.24) is 4.98 Å². The first-order valence-corrected chi connectivity index (χ1v) is 7.20. The monoisotopic (exact) mass is 369 g/mol. The highest BCUT2D eigenvalue weighted by atomic mass is 79.9. The topological polar surface area (TPSA) is 63.2 Å². The standard InChI is InChI=1S/C14H13BrClN3O2/c1-17-13-10(5-8(15)7-18-13)14(20)19-9-3-4-12(21-2)11(16)6-9/h3-7H,1-2H3,(H,17,18)(H,19,20). The Hall–Kier alpha value is -1.79. The molecule has 0 spiro atoms. The van der Waals surface area contributed by atoms with E-state index in [0.29, 0.717) is 27.8 Å². The Bertz CT molecular complexity index is 679. The molecule has 2 aromatic rings. The molecule has 0 saturated heterocycles. The van der Waals surface area contributed by atoms with E-state index >= 15 is 0 Å². The molecule has 0 radical (unpaired) electrons. The second-order valence-electron chi connectivity index (χ2n) is 4.10. The molecule has 2 rings (SSSR count). The molecule has 2 N–H and O–H groups in total. The van der Waals surface area contributed by atoms with Crippen molar-refractivity contribution in [3.05, 3.63) is 45.5 Å². The number of ether oxygens (including phenoxy) is 1. The van der Waals surface area contributed by atoms with Crippen molar-refractivity contribution in [3.8, 4) is 5.75 Å². The summed E-state index contributed by atoms with van der Waals surface area (Å²) in [5.41, 5.74) is 1.01. The lowest BCUT2D eigenvalue weighted by molar-refractivity contribution is 0.102. The lowest BCUT2D eigenvalue weighted by atomic mass is 10.2. The number of carbonyl (C=O) groups is 1. The number of halogens is 2. The molecule has 0 saturated carbocycles. The summed E-state index contributed by atoms with van der Waals surface area (Å²) in [6.45, 7) is 0. The minimum absolute atomic E-state index is 0.283. The van der Waals surface area contributed by atoms with E-state index in [2.05, 4.69) is 31.5 Å². The number of pyridine rings is 1. The summed E-state index contributed by atoms with van der Waals surface area (Å²) < 4.78 is 5.79. The number of nitrogens with one attached hydrogen (secondary N) is 2. The maximum Gasteiger partial charge on any atom is 0.259 e. The van der Waals surface area contributed by atoms with Crippen molar-refractivity contribution in [3.63, 3.8) is 0 Å². The molecule has 1 aromatic heterocycles. The van der Waals surface area contributed by atoms with E-state index in [1.54, 1.807) is 37.5 Å². The molecular formula is C14H13BrClN3O2. The van der Waals surface area contributed by atoms with E-state index in [-0.39, 0.29) is 5.91 Å². The zero-order chi connectivity index (χ0) is 15.4. The van der Waals surface area contributed by atoms with Crippen molar-refractivity contribution in [2.75, 3.05) is 24.8 Å². The molecule has 1 aromatic carbocycles. The lowest BCUT2D eigenvalue weighted by Crippen LogP contribution is -2.15. The van der Waals surface area contributed by atoms with E-state index < -0.39 is 0 Å². The van der Waals surface area contributed by atoms with E-state index in [4.69, 9.17) is 16.3 Å². The lowest BCUT2D eigenvalue weighted by Gasteiger charge is -2.10. The minimum Gasteiger partial charge on any atom is -0.495 e. The van der Waals surface area contributed by atoms with Crippen LogP contribution in [0.2, 0.25) is 5.02 Å². The molecule has 0 aliphatic rings. The number of amides is 1. The molecule has 0 bridgehead atoms. The van der Waals surface area contributed by atoms with Crippen molar-refractivity contribution in [2.45, 2.75) is 0 Å². The van der Waals surface area contributed by atoms with Gasteiger partial charge in [0.25, 0.3) is 5.91 Å². The van der Waals surface area contributed by atoms with E-state index in [1.807, 2.05) is 0 Å². The number of rotatable bonds is 4. The van der Waals surface area contributed by atoms with Crippen molar-refractivity contribution in [2.24, 2.45) is 0 Å². The Morgan fingerprint density at radius 3 is 2.76 bits per heavy atom. The summed E-state index contributed by atoms with van der Waals surface area (Å²) in [7, 11) is 3.24. The summed E-state index contributed by atoms with van der Waals surface area (Å²) in [4.78, 5) is 16.5. The van der Waals surface area contributed by atoms with Crippen molar-refractivity contribution in [1.29, 1.82) is 0 Å². The van der Waals surface area contributed by atoms with Crippen LogP contribution in [0.15, 0.2) is 34.9 Å². The van der Waals surface area contributed by atoms with Crippen LogP contribution in [0.25, 0.3) is 0 Å². The third kappa shape index (κ3) is 3.65. The van der Waals surface area contributed by atoms with Crippen molar-refractivity contribution >= 4 is 44.9 Å². The largest absolute Gasteiger partial charge is 0.495 e. The highest BCUT2D eigenvalue weighted by Crippen LogP contribution is 2.28. The van der Waals surface area contributed by atoms with Gasteiger partial charge in [0.05, 0.1) is 17.7 Å². The van der Waals surface area contributed by atoms with Crippen LogP contribution in [0.5, 0.6) is 5.75 Å². The maximum absolute atomic E-state index is 12.3. The van der Waals surface area contributed by atoms with Gasteiger partial charge in [-0.05, 0) is 40.2 Å². The zero-order valence-electron chi connectivity index (χ0n) is 11.4. The van der Waals surface area contributed by atoms with Gasteiger partial charge in [-0.2, -0.15) is 0 Å². The number of benzene rings is 1. The van der Waals surface area contributed by atoms with Crippen LogP contribution in [0, 0.1) is 0 Å². The summed E-state index contributed by atoms with van der Waals surface area (Å²) in [5.74, 6) is 0.763. The average Bonchev–Trinajstić information content (AvgIpc) is 2.47. The summed E-state index contributed by atoms with van der Waals surface area (Å²) in [5, 5.41) is 6.08. The Labute approximate surface area is 135 Å². The Kier molecular flexibility index (Phi) is 5.03. The number of carbonyl (C=O) groups excluding carboxylic acids is 1. The molecule has 0 unspecified atom stereocenters. The van der Waals surface area contributed by atoms with Gasteiger partial charge in [0.15, 0.2) is 0 Å². The summed E-state index contributed by atoms with van der Waals surface area (Å²) in [6, 6.07) is 6.73. The highest BCUT2D eigenvalue weighted by molar-refractivity contribution is 9.10. The number of hydrogen-bond donors (Lipinski definition) is 2. The average molecular weight is 371 g/mol. The van der Waals surface area contributed by atoms with Gasteiger partial charge in [0, 0.05) is 23.4 Å². The van der Waals surface area contributed by atoms with Gasteiger partial charge in [-0.3, -0.25) is 4.79 Å². The van der Waals surface area contributed by atoms with Crippen LogP contribution in [-0.4, -0.2) is 25.0 Å². The fourth-order valence-corrected chi connectivity index (χ4v) is 2.34. The molecule has 0 fully saturated rings. The van der Waals surface area contributed by atoms with Crippen LogP contribution >= 0.6 is 27.5 Å². The van der Waals surface area contributed by atoms with E-state index in [1.165, 1.54) is 7.11 Å². The van der Waals surface area contributed by atoms with Gasteiger partial charge >= 0.3 is 0 Å². The first-order valence-electron chi connectivity index (χ1n) is 6.03. The Morgan fingerprint density at radius 2 is 2.14 bits per heavy atom. The minimum atomic E-state index is -0.283. The van der Waals surface area contributed by atoms with Gasteiger partial charge in [-0.1, -0.05) is 11.6 Å². The van der Waals surface area contributed by atoms with Crippen LogP contribution in [0.1, 0.15) is 10.4 Å². The molecule has 21 heavy (non-hydrogen) atoms. The zero-order valence-corrected chi connectivity index (χ0v) is 13.7.